The van der Waals surface area contributed by atoms with Gasteiger partial charge in [0.05, 0.1) is 12.0 Å². The van der Waals surface area contributed by atoms with Gasteiger partial charge in [0.15, 0.2) is 5.69 Å². The number of hydrogen-bond acceptors (Lipinski definition) is 6. The maximum absolute atomic E-state index is 13.1. The van der Waals surface area contributed by atoms with Crippen LogP contribution >= 0.6 is 0 Å². The Morgan fingerprint density at radius 2 is 1.80 bits per heavy atom. The summed E-state index contributed by atoms with van der Waals surface area (Å²) in [6, 6.07) is 10.7. The van der Waals surface area contributed by atoms with E-state index in [1.54, 1.807) is 36.4 Å². The van der Waals surface area contributed by atoms with Crippen LogP contribution in [0.2, 0.25) is 0 Å². The maximum atomic E-state index is 13.1. The monoisotopic (exact) mass is 469 g/mol. The van der Waals surface area contributed by atoms with Gasteiger partial charge in [-0.05, 0) is 53.6 Å². The predicted octanol–water partition coefficient (Wildman–Crippen LogP) is 5.36. The van der Waals surface area contributed by atoms with Crippen LogP contribution in [0.3, 0.4) is 0 Å². The van der Waals surface area contributed by atoms with Crippen LogP contribution in [0.5, 0.6) is 5.75 Å². The first-order valence-electron chi connectivity index (χ1n) is 11.2. The Labute approximate surface area is 202 Å². The molecule has 1 fully saturated rings. The number of aromatic nitrogens is 2. The molecular formula is C26H27N7O2. The lowest BCUT2D eigenvalue weighted by atomic mass is 9.88. The second-order valence-corrected chi connectivity index (χ2v) is 8.23. The predicted molar refractivity (Wildman–Crippen MR) is 139 cm³/mol. The Morgan fingerprint density at radius 1 is 1.06 bits per heavy atom. The topological polar surface area (TPSA) is 134 Å². The van der Waals surface area contributed by atoms with Gasteiger partial charge in [-0.1, -0.05) is 43.5 Å². The first-order valence-corrected chi connectivity index (χ1v) is 11.2. The molecule has 1 aromatic heterocycles. The average molecular weight is 470 g/mol. The molecule has 0 spiro atoms. The number of nitrogens with one attached hydrogen (secondary N) is 3. The molecular weight excluding hydrogens is 442 g/mol. The van der Waals surface area contributed by atoms with Crippen molar-refractivity contribution >= 4 is 36.1 Å². The van der Waals surface area contributed by atoms with Crippen LogP contribution < -0.4 is 5.56 Å². The van der Waals surface area contributed by atoms with Gasteiger partial charge in [0.25, 0.3) is 5.56 Å². The van der Waals surface area contributed by atoms with Crippen molar-refractivity contribution in [1.29, 1.82) is 10.8 Å². The van der Waals surface area contributed by atoms with Crippen molar-refractivity contribution in [2.24, 2.45) is 10.2 Å². The van der Waals surface area contributed by atoms with E-state index < -0.39 is 5.56 Å². The lowest BCUT2D eigenvalue weighted by molar-refractivity contribution is 0.314. The number of azo groups is 1. The molecule has 178 valence electrons. The van der Waals surface area contributed by atoms with Crippen molar-refractivity contribution < 1.29 is 5.11 Å². The number of piperidine rings is 1. The molecule has 0 bridgehead atoms. The number of likely N-dealkylation sites (tertiary alicyclic amines) is 1. The molecule has 1 aliphatic heterocycles. The fraction of sp³-hybridized carbons (Fsp3) is 0.192. The smallest absolute Gasteiger partial charge is 0.299 e. The van der Waals surface area contributed by atoms with Crippen LogP contribution in [-0.4, -0.2) is 45.4 Å². The summed E-state index contributed by atoms with van der Waals surface area (Å²) in [5.41, 5.74) is 2.98. The minimum absolute atomic E-state index is 0.0305. The SMILES string of the molecule is C=Cc1ccc(-n2[nH]c(C=N)c(N=Nc3cccc(C4CCN(C=N)CC4)c3O)c2=O)cc1C=C. The van der Waals surface area contributed by atoms with E-state index in [2.05, 4.69) is 28.5 Å². The van der Waals surface area contributed by atoms with E-state index in [0.717, 1.165) is 48.8 Å². The average Bonchev–Trinajstić information content (AvgIpc) is 3.22. The fourth-order valence-corrected chi connectivity index (χ4v) is 4.29. The molecule has 2 heterocycles. The van der Waals surface area contributed by atoms with Crippen molar-refractivity contribution in [3.05, 3.63) is 82.3 Å². The van der Waals surface area contributed by atoms with E-state index in [4.69, 9.17) is 10.8 Å². The van der Waals surface area contributed by atoms with E-state index in [1.807, 2.05) is 17.0 Å². The second-order valence-electron chi connectivity index (χ2n) is 8.23. The van der Waals surface area contributed by atoms with Gasteiger partial charge in [-0.2, -0.15) is 0 Å². The van der Waals surface area contributed by atoms with Crippen molar-refractivity contribution in [3.63, 3.8) is 0 Å². The third-order valence-corrected chi connectivity index (χ3v) is 6.26. The van der Waals surface area contributed by atoms with Gasteiger partial charge in [0.2, 0.25) is 0 Å². The van der Waals surface area contributed by atoms with E-state index in [9.17, 15) is 9.90 Å². The highest BCUT2D eigenvalue weighted by Crippen LogP contribution is 2.39. The van der Waals surface area contributed by atoms with Crippen molar-refractivity contribution in [2.45, 2.75) is 18.8 Å². The van der Waals surface area contributed by atoms with Crippen LogP contribution in [0.4, 0.5) is 11.4 Å². The number of aromatic amines is 1. The van der Waals surface area contributed by atoms with Crippen molar-refractivity contribution in [3.8, 4) is 11.4 Å². The molecule has 2 aromatic carbocycles. The standard InChI is InChI=1S/C26H27N7O2/c1-3-17-8-9-20(14-18(17)4-2)33-26(35)24(23(15-27)31-33)30-29-22-7-5-6-21(25(22)34)19-10-12-32(16-28)13-11-19/h3-9,14-16,19,27-28,31,34H,1-2,10-13H2. The third kappa shape index (κ3) is 4.61. The Morgan fingerprint density at radius 3 is 2.46 bits per heavy atom. The largest absolute Gasteiger partial charge is 0.505 e. The molecule has 0 atom stereocenters. The molecule has 4 rings (SSSR count). The summed E-state index contributed by atoms with van der Waals surface area (Å²) in [6.07, 6.45) is 7.38. The summed E-state index contributed by atoms with van der Waals surface area (Å²) < 4.78 is 1.29. The number of nitrogens with zero attached hydrogens (tertiary/aromatic N) is 4. The van der Waals surface area contributed by atoms with E-state index in [-0.39, 0.29) is 28.7 Å². The van der Waals surface area contributed by atoms with Gasteiger partial charge in [0, 0.05) is 19.3 Å². The number of rotatable bonds is 8. The highest BCUT2D eigenvalue weighted by Gasteiger charge is 2.23. The normalized spacial score (nSPS) is 14.2. The van der Waals surface area contributed by atoms with Gasteiger partial charge in [-0.25, -0.2) is 4.68 Å². The van der Waals surface area contributed by atoms with Crippen molar-refractivity contribution in [2.75, 3.05) is 13.1 Å². The summed E-state index contributed by atoms with van der Waals surface area (Å²) >= 11 is 0. The number of hydrogen-bond donors (Lipinski definition) is 4. The highest BCUT2D eigenvalue weighted by atomic mass is 16.3. The summed E-state index contributed by atoms with van der Waals surface area (Å²) in [5.74, 6) is 0.188. The first-order chi connectivity index (χ1) is 17.0. The maximum Gasteiger partial charge on any atom is 0.299 e. The molecule has 1 aliphatic rings. The Hall–Kier alpha value is -4.53. The molecule has 4 N–H and O–H groups in total. The molecule has 0 unspecified atom stereocenters. The summed E-state index contributed by atoms with van der Waals surface area (Å²) in [6.45, 7) is 9.10. The summed E-state index contributed by atoms with van der Waals surface area (Å²) in [5, 5.41) is 37.1. The Balaban J connectivity index is 1.66. The van der Waals surface area contributed by atoms with Crippen LogP contribution in [-0.2, 0) is 0 Å². The Bertz CT molecular complexity index is 1370. The zero-order chi connectivity index (χ0) is 24.9. The molecule has 0 aliphatic carbocycles. The highest BCUT2D eigenvalue weighted by molar-refractivity contribution is 5.81. The minimum Gasteiger partial charge on any atom is -0.505 e. The second kappa shape index (κ2) is 10.2. The molecule has 1 saturated heterocycles. The Kier molecular flexibility index (Phi) is 6.86. The lowest BCUT2D eigenvalue weighted by Crippen LogP contribution is -2.31. The number of aromatic hydroxyl groups is 1. The van der Waals surface area contributed by atoms with Crippen LogP contribution in [0.1, 0.15) is 41.1 Å². The number of para-hydroxylation sites is 1. The number of phenolic OH excluding ortho intramolecular Hbond substituents is 1. The van der Waals surface area contributed by atoms with Crippen LogP contribution in [0.25, 0.3) is 17.8 Å². The summed E-state index contributed by atoms with van der Waals surface area (Å²) in [7, 11) is 0. The summed E-state index contributed by atoms with van der Waals surface area (Å²) in [4.78, 5) is 15.1. The molecule has 9 nitrogen and oxygen atoms in total. The molecule has 3 aromatic rings. The van der Waals surface area contributed by atoms with Gasteiger partial charge in [-0.3, -0.25) is 15.3 Å². The van der Waals surface area contributed by atoms with Crippen LogP contribution in [0, 0.1) is 10.8 Å². The minimum atomic E-state index is -0.469. The molecule has 0 radical (unpaired) electrons. The van der Waals surface area contributed by atoms with Gasteiger partial charge in [-0.15, -0.1) is 10.2 Å². The number of benzene rings is 2. The number of phenols is 1. The number of H-pyrrole nitrogens is 1. The molecule has 0 saturated carbocycles. The molecule has 0 amide bonds. The molecule has 35 heavy (non-hydrogen) atoms. The zero-order valence-electron chi connectivity index (χ0n) is 19.2. The first kappa shape index (κ1) is 23.6. The van der Waals surface area contributed by atoms with Crippen LogP contribution in [0.15, 0.2) is 64.6 Å². The third-order valence-electron chi connectivity index (χ3n) is 6.26. The van der Waals surface area contributed by atoms with Gasteiger partial charge < -0.3 is 15.4 Å². The van der Waals surface area contributed by atoms with E-state index in [0.29, 0.717) is 5.69 Å². The van der Waals surface area contributed by atoms with Gasteiger partial charge >= 0.3 is 0 Å². The fourth-order valence-electron chi connectivity index (χ4n) is 4.29. The van der Waals surface area contributed by atoms with Gasteiger partial charge in [0.1, 0.15) is 17.1 Å². The quantitative estimate of drug-likeness (QED) is 0.201. The molecule has 9 heteroatoms. The van der Waals surface area contributed by atoms with Crippen molar-refractivity contribution in [1.82, 2.24) is 14.7 Å². The van der Waals surface area contributed by atoms with E-state index >= 15 is 0 Å². The van der Waals surface area contributed by atoms with E-state index in [1.165, 1.54) is 11.0 Å². The lowest BCUT2D eigenvalue weighted by Gasteiger charge is -2.30. The zero-order valence-corrected chi connectivity index (χ0v) is 19.2.